The van der Waals surface area contributed by atoms with Crippen LogP contribution in [0.5, 0.6) is 0 Å². The molecular weight excluding hydrogens is 296 g/mol. The standard InChI is InChI=1S/C12H19BrN4O/c1-10-11(9-14-15(10)2)12(18)17-7-5-16(4-3-13)6-8-17/h9H,3-8H2,1-2H3. The van der Waals surface area contributed by atoms with Gasteiger partial charge in [-0.05, 0) is 6.92 Å². The number of halogens is 1. The average molecular weight is 315 g/mol. The first-order valence-corrected chi connectivity index (χ1v) is 7.32. The number of piperazine rings is 1. The van der Waals surface area contributed by atoms with Gasteiger partial charge >= 0.3 is 0 Å². The summed E-state index contributed by atoms with van der Waals surface area (Å²) < 4.78 is 1.74. The molecule has 1 aromatic heterocycles. The molecule has 0 aromatic carbocycles. The van der Waals surface area contributed by atoms with E-state index in [4.69, 9.17) is 0 Å². The highest BCUT2D eigenvalue weighted by atomic mass is 79.9. The second kappa shape index (κ2) is 5.84. The quantitative estimate of drug-likeness (QED) is 0.778. The lowest BCUT2D eigenvalue weighted by Gasteiger charge is -2.34. The van der Waals surface area contributed by atoms with Crippen molar-refractivity contribution in [2.45, 2.75) is 6.92 Å². The van der Waals surface area contributed by atoms with E-state index in [0.717, 1.165) is 49.3 Å². The lowest BCUT2D eigenvalue weighted by Crippen LogP contribution is -2.49. The molecule has 1 saturated heterocycles. The molecule has 5 nitrogen and oxygen atoms in total. The number of amides is 1. The summed E-state index contributed by atoms with van der Waals surface area (Å²) in [6, 6.07) is 0. The van der Waals surface area contributed by atoms with E-state index in [1.165, 1.54) is 0 Å². The van der Waals surface area contributed by atoms with Crippen molar-refractivity contribution < 1.29 is 4.79 Å². The van der Waals surface area contributed by atoms with Gasteiger partial charge in [-0.1, -0.05) is 15.9 Å². The number of aryl methyl sites for hydroxylation is 1. The Morgan fingerprint density at radius 1 is 1.39 bits per heavy atom. The van der Waals surface area contributed by atoms with E-state index < -0.39 is 0 Å². The van der Waals surface area contributed by atoms with E-state index in [9.17, 15) is 4.79 Å². The molecule has 0 bridgehead atoms. The Morgan fingerprint density at radius 3 is 2.56 bits per heavy atom. The molecule has 0 unspecified atom stereocenters. The second-order valence-corrected chi connectivity index (χ2v) is 5.38. The van der Waals surface area contributed by atoms with Crippen molar-refractivity contribution >= 4 is 21.8 Å². The van der Waals surface area contributed by atoms with E-state index in [1.807, 2.05) is 18.9 Å². The molecule has 2 heterocycles. The predicted octanol–water partition coefficient (Wildman–Crippen LogP) is 0.881. The van der Waals surface area contributed by atoms with E-state index in [2.05, 4.69) is 25.9 Å². The van der Waals surface area contributed by atoms with E-state index >= 15 is 0 Å². The van der Waals surface area contributed by atoms with Crippen molar-refractivity contribution in [2.75, 3.05) is 38.1 Å². The number of carbonyl (C=O) groups is 1. The van der Waals surface area contributed by atoms with Gasteiger partial charge in [-0.2, -0.15) is 5.10 Å². The maximum Gasteiger partial charge on any atom is 0.257 e. The third kappa shape index (κ3) is 2.75. The van der Waals surface area contributed by atoms with Crippen LogP contribution in [0.3, 0.4) is 0 Å². The van der Waals surface area contributed by atoms with Gasteiger partial charge in [0.25, 0.3) is 5.91 Å². The molecule has 1 fully saturated rings. The van der Waals surface area contributed by atoms with Crippen molar-refractivity contribution in [1.29, 1.82) is 0 Å². The zero-order valence-electron chi connectivity index (χ0n) is 10.9. The second-order valence-electron chi connectivity index (χ2n) is 4.59. The van der Waals surface area contributed by atoms with Gasteiger partial charge in [-0.15, -0.1) is 0 Å². The van der Waals surface area contributed by atoms with Crippen molar-refractivity contribution in [3.05, 3.63) is 17.5 Å². The summed E-state index contributed by atoms with van der Waals surface area (Å²) in [6.07, 6.45) is 1.67. The Kier molecular flexibility index (Phi) is 4.40. The van der Waals surface area contributed by atoms with E-state index in [0.29, 0.717) is 0 Å². The van der Waals surface area contributed by atoms with Crippen LogP contribution < -0.4 is 0 Å². The van der Waals surface area contributed by atoms with Crippen molar-refractivity contribution in [2.24, 2.45) is 7.05 Å². The van der Waals surface area contributed by atoms with E-state index in [-0.39, 0.29) is 5.91 Å². The van der Waals surface area contributed by atoms with Crippen LogP contribution in [0.4, 0.5) is 0 Å². The molecule has 0 radical (unpaired) electrons. The average Bonchev–Trinajstić information content (AvgIpc) is 2.71. The molecule has 6 heteroatoms. The monoisotopic (exact) mass is 314 g/mol. The van der Waals surface area contributed by atoms with Crippen molar-refractivity contribution in [1.82, 2.24) is 19.6 Å². The topological polar surface area (TPSA) is 41.4 Å². The Morgan fingerprint density at radius 2 is 2.06 bits per heavy atom. The summed E-state index contributed by atoms with van der Waals surface area (Å²) in [4.78, 5) is 16.6. The van der Waals surface area contributed by atoms with Crippen LogP contribution in [0.1, 0.15) is 16.1 Å². The fraction of sp³-hybridized carbons (Fsp3) is 0.667. The largest absolute Gasteiger partial charge is 0.336 e. The predicted molar refractivity (Wildman–Crippen MR) is 74.1 cm³/mol. The van der Waals surface area contributed by atoms with Gasteiger partial charge in [0.2, 0.25) is 0 Å². The molecule has 1 amide bonds. The number of hydrogen-bond donors (Lipinski definition) is 0. The summed E-state index contributed by atoms with van der Waals surface area (Å²) >= 11 is 3.44. The van der Waals surface area contributed by atoms with Crippen molar-refractivity contribution in [3.63, 3.8) is 0 Å². The van der Waals surface area contributed by atoms with E-state index in [1.54, 1.807) is 10.9 Å². The molecule has 2 rings (SSSR count). The Labute approximate surface area is 116 Å². The number of alkyl halides is 1. The minimum Gasteiger partial charge on any atom is -0.336 e. The molecule has 1 aliphatic rings. The lowest BCUT2D eigenvalue weighted by molar-refractivity contribution is 0.0644. The van der Waals surface area contributed by atoms with Gasteiger partial charge in [-0.25, -0.2) is 0 Å². The summed E-state index contributed by atoms with van der Waals surface area (Å²) in [5, 5.41) is 5.12. The molecule has 1 aliphatic heterocycles. The zero-order valence-corrected chi connectivity index (χ0v) is 12.5. The Balaban J connectivity index is 1.97. The van der Waals surface area contributed by atoms with Gasteiger partial charge in [-0.3, -0.25) is 14.4 Å². The first-order valence-electron chi connectivity index (χ1n) is 6.19. The molecule has 0 N–H and O–H groups in total. The molecule has 0 saturated carbocycles. The smallest absolute Gasteiger partial charge is 0.257 e. The Bertz CT molecular complexity index is 424. The fourth-order valence-electron chi connectivity index (χ4n) is 2.17. The molecule has 0 aliphatic carbocycles. The highest BCUT2D eigenvalue weighted by molar-refractivity contribution is 9.09. The third-order valence-corrected chi connectivity index (χ3v) is 3.88. The van der Waals surface area contributed by atoms with Crippen LogP contribution in [-0.4, -0.2) is 63.5 Å². The third-order valence-electron chi connectivity index (χ3n) is 3.53. The van der Waals surface area contributed by atoms with Gasteiger partial charge in [0.15, 0.2) is 0 Å². The maximum atomic E-state index is 12.3. The van der Waals surface area contributed by atoms with Crippen LogP contribution in [-0.2, 0) is 7.05 Å². The van der Waals surface area contributed by atoms with Gasteiger partial charge in [0, 0.05) is 50.8 Å². The number of hydrogen-bond acceptors (Lipinski definition) is 3. The van der Waals surface area contributed by atoms with Gasteiger partial charge in [0.1, 0.15) is 0 Å². The fourth-order valence-corrected chi connectivity index (χ4v) is 2.67. The Hall–Kier alpha value is -0.880. The van der Waals surface area contributed by atoms with Crippen LogP contribution in [0.25, 0.3) is 0 Å². The number of carbonyl (C=O) groups excluding carboxylic acids is 1. The summed E-state index contributed by atoms with van der Waals surface area (Å²) in [5.74, 6) is 0.110. The summed E-state index contributed by atoms with van der Waals surface area (Å²) in [7, 11) is 1.86. The van der Waals surface area contributed by atoms with Crippen LogP contribution in [0.2, 0.25) is 0 Å². The minimum atomic E-state index is 0.110. The first-order chi connectivity index (χ1) is 8.63. The number of rotatable bonds is 3. The highest BCUT2D eigenvalue weighted by Crippen LogP contribution is 2.12. The molecular formula is C12H19BrN4O. The van der Waals surface area contributed by atoms with Crippen LogP contribution in [0, 0.1) is 6.92 Å². The molecule has 0 spiro atoms. The SMILES string of the molecule is Cc1c(C(=O)N2CCN(CCBr)CC2)cnn1C. The van der Waals surface area contributed by atoms with Gasteiger partial charge < -0.3 is 4.90 Å². The van der Waals surface area contributed by atoms with Gasteiger partial charge in [0.05, 0.1) is 11.8 Å². The summed E-state index contributed by atoms with van der Waals surface area (Å²) in [6.45, 7) is 6.50. The lowest BCUT2D eigenvalue weighted by atomic mass is 10.2. The van der Waals surface area contributed by atoms with Crippen LogP contribution >= 0.6 is 15.9 Å². The number of nitrogens with zero attached hydrogens (tertiary/aromatic N) is 4. The first kappa shape index (κ1) is 13.5. The molecule has 100 valence electrons. The highest BCUT2D eigenvalue weighted by Gasteiger charge is 2.23. The zero-order chi connectivity index (χ0) is 13.1. The van der Waals surface area contributed by atoms with Crippen LogP contribution in [0.15, 0.2) is 6.20 Å². The number of aromatic nitrogens is 2. The molecule has 18 heavy (non-hydrogen) atoms. The molecule has 0 atom stereocenters. The van der Waals surface area contributed by atoms with Crippen molar-refractivity contribution in [3.8, 4) is 0 Å². The summed E-state index contributed by atoms with van der Waals surface area (Å²) in [5.41, 5.74) is 1.66. The normalized spacial score (nSPS) is 17.2. The minimum absolute atomic E-state index is 0.110. The molecule has 1 aromatic rings. The maximum absolute atomic E-state index is 12.3.